The molecule has 1 heteroatoms. The van der Waals surface area contributed by atoms with Crippen molar-refractivity contribution in [2.75, 3.05) is 0 Å². The summed E-state index contributed by atoms with van der Waals surface area (Å²) in [7, 11) is 0. The molecule has 10 aromatic rings. The number of benzene rings is 9. The fourth-order valence-electron chi connectivity index (χ4n) is 8.52. The van der Waals surface area contributed by atoms with E-state index in [0.29, 0.717) is 0 Å². The zero-order valence-electron chi connectivity index (χ0n) is 24.4. The summed E-state index contributed by atoms with van der Waals surface area (Å²) in [5.74, 6) is 0. The van der Waals surface area contributed by atoms with E-state index in [0.717, 1.165) is 0 Å². The summed E-state index contributed by atoms with van der Waals surface area (Å²) < 4.78 is 2.53. The van der Waals surface area contributed by atoms with Gasteiger partial charge >= 0.3 is 0 Å². The molecule has 0 atom stereocenters. The van der Waals surface area contributed by atoms with Crippen LogP contribution in [0.4, 0.5) is 0 Å². The molecule has 0 spiro atoms. The average Bonchev–Trinajstić information content (AvgIpc) is 3.62. The van der Waals surface area contributed by atoms with Gasteiger partial charge in [0.15, 0.2) is 0 Å². The molecule has 1 heterocycles. The zero-order valence-corrected chi connectivity index (χ0v) is 24.4. The lowest BCUT2D eigenvalue weighted by Gasteiger charge is -2.16. The van der Waals surface area contributed by atoms with Crippen LogP contribution in [0.1, 0.15) is 0 Å². The van der Waals surface area contributed by atoms with Crippen LogP contribution in [0.25, 0.3) is 104 Å². The third-order valence-electron chi connectivity index (χ3n) is 10.3. The van der Waals surface area contributed by atoms with Crippen LogP contribution in [0.5, 0.6) is 0 Å². The van der Waals surface area contributed by atoms with E-state index in [-0.39, 0.29) is 0 Å². The third kappa shape index (κ3) is 2.89. The minimum atomic E-state index is 1.19. The molecule has 0 amide bonds. The molecule has 0 unspecified atom stereocenters. The summed E-state index contributed by atoms with van der Waals surface area (Å²) in [6.07, 6.45) is 0. The molecule has 1 aliphatic rings. The predicted molar refractivity (Wildman–Crippen MR) is 193 cm³/mol. The van der Waals surface area contributed by atoms with Crippen molar-refractivity contribution in [2.45, 2.75) is 0 Å². The highest BCUT2D eigenvalue weighted by Gasteiger charge is 2.25. The van der Waals surface area contributed by atoms with Crippen LogP contribution in [0.2, 0.25) is 0 Å². The van der Waals surface area contributed by atoms with E-state index in [1.54, 1.807) is 0 Å². The van der Waals surface area contributed by atoms with Gasteiger partial charge in [-0.2, -0.15) is 0 Å². The van der Waals surface area contributed by atoms with Gasteiger partial charge in [-0.05, 0) is 83.5 Å². The number of nitrogens with zero attached hydrogens (tertiary/aromatic N) is 1. The average molecular weight is 568 g/mol. The molecule has 9 aromatic carbocycles. The topological polar surface area (TPSA) is 4.93 Å². The monoisotopic (exact) mass is 567 g/mol. The smallest absolute Gasteiger partial charge is 0.0626 e. The molecule has 0 saturated carbocycles. The summed E-state index contributed by atoms with van der Waals surface area (Å²) in [4.78, 5) is 0. The van der Waals surface area contributed by atoms with Crippen molar-refractivity contribution >= 4 is 75.7 Å². The molecule has 1 aliphatic carbocycles. The summed E-state index contributed by atoms with van der Waals surface area (Å²) in [5, 5.41) is 15.8. The molecular weight excluding hydrogens is 542 g/mol. The van der Waals surface area contributed by atoms with Crippen molar-refractivity contribution in [3.8, 4) is 27.9 Å². The van der Waals surface area contributed by atoms with E-state index >= 15 is 0 Å². The maximum Gasteiger partial charge on any atom is 0.0626 e. The summed E-state index contributed by atoms with van der Waals surface area (Å²) >= 11 is 0. The SMILES string of the molecule is c1cc2c3c(cccc3c1)-c1cc(-n3c4ccccc4c4c5c6ccccc6c6ccccc6c5c5ccccc5c43)ccc1-2. The Balaban J connectivity index is 1.38. The van der Waals surface area contributed by atoms with Crippen LogP contribution < -0.4 is 0 Å². The van der Waals surface area contributed by atoms with Gasteiger partial charge < -0.3 is 4.57 Å². The predicted octanol–water partition coefficient (Wildman–Crippen LogP) is 12.2. The quantitative estimate of drug-likeness (QED) is 0.174. The van der Waals surface area contributed by atoms with Crippen LogP contribution in [-0.2, 0) is 0 Å². The molecule has 0 saturated heterocycles. The number of fused-ring (bicyclic) bond motifs is 16. The normalized spacial score (nSPS) is 12.4. The van der Waals surface area contributed by atoms with E-state index < -0.39 is 0 Å². The fourth-order valence-corrected chi connectivity index (χ4v) is 8.52. The van der Waals surface area contributed by atoms with Crippen molar-refractivity contribution in [1.82, 2.24) is 4.57 Å². The maximum absolute atomic E-state index is 2.53. The summed E-state index contributed by atoms with van der Waals surface area (Å²) in [6, 6.07) is 56.4. The second-order valence-electron chi connectivity index (χ2n) is 12.4. The fraction of sp³-hybridized carbons (Fsp3) is 0. The highest BCUT2D eigenvalue weighted by molar-refractivity contribution is 6.42. The maximum atomic E-state index is 2.53. The van der Waals surface area contributed by atoms with Gasteiger partial charge in [0.2, 0.25) is 0 Å². The molecule has 0 fully saturated rings. The molecule has 0 aliphatic heterocycles. The van der Waals surface area contributed by atoms with Gasteiger partial charge in [-0.3, -0.25) is 0 Å². The summed E-state index contributed by atoms with van der Waals surface area (Å²) in [5.41, 5.74) is 8.99. The first kappa shape index (κ1) is 23.5. The first-order chi connectivity index (χ1) is 22.4. The van der Waals surface area contributed by atoms with E-state index in [1.807, 2.05) is 0 Å². The largest absolute Gasteiger partial charge is 0.309 e. The number of hydrogen-bond donors (Lipinski definition) is 0. The molecule has 1 nitrogen and oxygen atoms in total. The van der Waals surface area contributed by atoms with Crippen molar-refractivity contribution < 1.29 is 0 Å². The van der Waals surface area contributed by atoms with Gasteiger partial charge in [-0.25, -0.2) is 0 Å². The minimum absolute atomic E-state index is 1.19. The van der Waals surface area contributed by atoms with Crippen molar-refractivity contribution in [3.63, 3.8) is 0 Å². The Morgan fingerprint density at radius 3 is 1.58 bits per heavy atom. The minimum Gasteiger partial charge on any atom is -0.309 e. The van der Waals surface area contributed by atoms with Crippen molar-refractivity contribution in [2.24, 2.45) is 0 Å². The zero-order chi connectivity index (χ0) is 29.2. The lowest BCUT2D eigenvalue weighted by Crippen LogP contribution is -1.96. The molecular formula is C44H25N. The van der Waals surface area contributed by atoms with E-state index in [1.165, 1.54) is 104 Å². The number of para-hydroxylation sites is 1. The molecule has 0 bridgehead atoms. The Bertz CT molecular complexity index is 2920. The van der Waals surface area contributed by atoms with Gasteiger partial charge in [-0.15, -0.1) is 0 Å². The second kappa shape index (κ2) is 8.37. The van der Waals surface area contributed by atoms with Gasteiger partial charge in [0.05, 0.1) is 11.0 Å². The second-order valence-corrected chi connectivity index (χ2v) is 12.4. The van der Waals surface area contributed by atoms with Crippen molar-refractivity contribution in [1.29, 1.82) is 0 Å². The van der Waals surface area contributed by atoms with E-state index in [9.17, 15) is 0 Å². The Kier molecular flexibility index (Phi) is 4.38. The number of aromatic nitrogens is 1. The molecule has 1 aromatic heterocycles. The van der Waals surface area contributed by atoms with Crippen LogP contribution >= 0.6 is 0 Å². The van der Waals surface area contributed by atoms with Gasteiger partial charge in [0.25, 0.3) is 0 Å². The van der Waals surface area contributed by atoms with E-state index in [4.69, 9.17) is 0 Å². The number of hydrogen-bond acceptors (Lipinski definition) is 0. The van der Waals surface area contributed by atoms with Crippen molar-refractivity contribution in [3.05, 3.63) is 152 Å². The number of rotatable bonds is 1. The van der Waals surface area contributed by atoms with Crippen LogP contribution in [0.3, 0.4) is 0 Å². The van der Waals surface area contributed by atoms with Crippen LogP contribution in [0.15, 0.2) is 152 Å². The lowest BCUT2D eigenvalue weighted by molar-refractivity contribution is 1.19. The Labute approximate surface area is 259 Å². The van der Waals surface area contributed by atoms with Gasteiger partial charge in [0.1, 0.15) is 0 Å². The highest BCUT2D eigenvalue weighted by atomic mass is 15.0. The lowest BCUT2D eigenvalue weighted by atomic mass is 9.88. The van der Waals surface area contributed by atoms with Crippen LogP contribution in [0, 0.1) is 0 Å². The molecule has 206 valence electrons. The molecule has 0 radical (unpaired) electrons. The van der Waals surface area contributed by atoms with Gasteiger partial charge in [-0.1, -0.05) is 133 Å². The Morgan fingerprint density at radius 2 is 0.867 bits per heavy atom. The molecule has 45 heavy (non-hydrogen) atoms. The summed E-state index contributed by atoms with van der Waals surface area (Å²) in [6.45, 7) is 0. The first-order valence-corrected chi connectivity index (χ1v) is 15.7. The standard InChI is InChI=1S/C44H25N/c1-3-15-32-28(13-1)29-14-2-4-16-33(29)42-41(32)34-17-5-6-18-36(34)44-43(42)37-19-7-8-22-39(37)45(44)27-23-24-30-31-20-9-11-26-12-10-21-35(40(26)31)38(30)25-27/h1-25H. The first-order valence-electron chi connectivity index (χ1n) is 15.7. The molecule has 0 N–H and O–H groups in total. The third-order valence-corrected chi connectivity index (χ3v) is 10.3. The Morgan fingerprint density at radius 1 is 0.311 bits per heavy atom. The van der Waals surface area contributed by atoms with E-state index in [2.05, 4.69) is 156 Å². The Hall–Kier alpha value is -5.92. The highest BCUT2D eigenvalue weighted by Crippen LogP contribution is 2.50. The van der Waals surface area contributed by atoms with Gasteiger partial charge in [0, 0.05) is 27.2 Å². The molecule has 11 rings (SSSR count). The van der Waals surface area contributed by atoms with Crippen LogP contribution in [-0.4, -0.2) is 4.57 Å².